The Kier molecular flexibility index (Phi) is 2.01. The van der Waals surface area contributed by atoms with Crippen LogP contribution in [0, 0.1) is 0 Å². The molecular formula is C10H9BrO. The summed E-state index contributed by atoms with van der Waals surface area (Å²) < 4.78 is 1.13. The van der Waals surface area contributed by atoms with Crippen LogP contribution in [0.15, 0.2) is 22.7 Å². The van der Waals surface area contributed by atoms with Crippen LogP contribution < -0.4 is 0 Å². The van der Waals surface area contributed by atoms with Gasteiger partial charge in [0.1, 0.15) is 6.29 Å². The van der Waals surface area contributed by atoms with Gasteiger partial charge < -0.3 is 0 Å². The molecule has 0 atom stereocenters. The van der Waals surface area contributed by atoms with Crippen LogP contribution in [0.4, 0.5) is 0 Å². The zero-order valence-electron chi connectivity index (χ0n) is 6.59. The summed E-state index contributed by atoms with van der Waals surface area (Å²) in [5, 5.41) is 0. The van der Waals surface area contributed by atoms with E-state index in [9.17, 15) is 4.79 Å². The molecule has 0 N–H and O–H groups in total. The summed E-state index contributed by atoms with van der Waals surface area (Å²) in [6.45, 7) is 0. The van der Waals surface area contributed by atoms with E-state index in [4.69, 9.17) is 0 Å². The number of carbonyl (C=O) groups excluding carboxylic acids is 1. The minimum atomic E-state index is 0.694. The van der Waals surface area contributed by atoms with Gasteiger partial charge in [0.15, 0.2) is 0 Å². The Morgan fingerprint density at radius 2 is 2.17 bits per heavy atom. The Balaban J connectivity index is 2.42. The maximum absolute atomic E-state index is 10.5. The number of hydrogen-bond acceptors (Lipinski definition) is 1. The minimum absolute atomic E-state index is 0.694. The minimum Gasteiger partial charge on any atom is -0.298 e. The maximum Gasteiger partial charge on any atom is 0.150 e. The quantitative estimate of drug-likeness (QED) is 0.706. The second-order valence-electron chi connectivity index (χ2n) is 3.17. The van der Waals surface area contributed by atoms with Crippen molar-refractivity contribution in [1.29, 1.82) is 0 Å². The highest BCUT2D eigenvalue weighted by Crippen LogP contribution is 2.43. The third-order valence-corrected chi connectivity index (χ3v) is 2.90. The van der Waals surface area contributed by atoms with E-state index >= 15 is 0 Å². The first-order chi connectivity index (χ1) is 5.81. The average molecular weight is 225 g/mol. The van der Waals surface area contributed by atoms with Gasteiger partial charge in [0.25, 0.3) is 0 Å². The summed E-state index contributed by atoms with van der Waals surface area (Å²) >= 11 is 3.48. The van der Waals surface area contributed by atoms with Crippen molar-refractivity contribution < 1.29 is 4.79 Å². The second-order valence-corrected chi connectivity index (χ2v) is 4.03. The van der Waals surface area contributed by atoms with Gasteiger partial charge in [-0.3, -0.25) is 4.79 Å². The lowest BCUT2D eigenvalue weighted by Gasteiger charge is -2.01. The van der Waals surface area contributed by atoms with Crippen LogP contribution >= 0.6 is 15.9 Å². The second kappa shape index (κ2) is 3.02. The molecule has 0 spiro atoms. The molecule has 0 aliphatic heterocycles. The van der Waals surface area contributed by atoms with Gasteiger partial charge in [-0.05, 0) is 36.5 Å². The van der Waals surface area contributed by atoms with Crippen molar-refractivity contribution in [3.8, 4) is 0 Å². The highest BCUT2D eigenvalue weighted by atomic mass is 79.9. The molecule has 0 bridgehead atoms. The lowest BCUT2D eigenvalue weighted by molar-refractivity contribution is 0.112. The molecule has 1 aliphatic carbocycles. The summed E-state index contributed by atoms with van der Waals surface area (Å²) in [5.41, 5.74) is 2.07. The topological polar surface area (TPSA) is 17.1 Å². The molecule has 0 saturated heterocycles. The van der Waals surface area contributed by atoms with Gasteiger partial charge in [-0.25, -0.2) is 0 Å². The van der Waals surface area contributed by atoms with Crippen LogP contribution in [-0.4, -0.2) is 6.29 Å². The lowest BCUT2D eigenvalue weighted by atomic mass is 10.1. The summed E-state index contributed by atoms with van der Waals surface area (Å²) in [6.07, 6.45) is 3.43. The van der Waals surface area contributed by atoms with Crippen LogP contribution in [0.5, 0.6) is 0 Å². The first-order valence-corrected chi connectivity index (χ1v) is 4.85. The SMILES string of the molecule is O=Cc1ccc(Br)c(C2CC2)c1. The van der Waals surface area contributed by atoms with Gasteiger partial charge in [0, 0.05) is 10.0 Å². The Morgan fingerprint density at radius 1 is 1.42 bits per heavy atom. The number of benzene rings is 1. The number of hydrogen-bond donors (Lipinski definition) is 0. The molecule has 1 aromatic carbocycles. The lowest BCUT2D eigenvalue weighted by Crippen LogP contribution is -1.86. The molecule has 1 nitrogen and oxygen atoms in total. The molecular weight excluding hydrogens is 216 g/mol. The average Bonchev–Trinajstić information content (AvgIpc) is 2.88. The molecule has 0 heterocycles. The van der Waals surface area contributed by atoms with Crippen molar-refractivity contribution in [3.63, 3.8) is 0 Å². The van der Waals surface area contributed by atoms with Gasteiger partial charge >= 0.3 is 0 Å². The van der Waals surface area contributed by atoms with Gasteiger partial charge in [-0.15, -0.1) is 0 Å². The molecule has 0 radical (unpaired) electrons. The van der Waals surface area contributed by atoms with Crippen LogP contribution in [-0.2, 0) is 0 Å². The molecule has 1 aromatic rings. The first-order valence-electron chi connectivity index (χ1n) is 4.06. The van der Waals surface area contributed by atoms with Gasteiger partial charge in [-0.1, -0.05) is 22.0 Å². The zero-order chi connectivity index (χ0) is 8.55. The number of halogens is 1. The Hall–Kier alpha value is -0.630. The summed E-state index contributed by atoms with van der Waals surface area (Å²) in [6, 6.07) is 5.77. The first kappa shape index (κ1) is 7.99. The molecule has 0 unspecified atom stereocenters. The van der Waals surface area contributed by atoms with E-state index in [-0.39, 0.29) is 0 Å². The van der Waals surface area contributed by atoms with Crippen LogP contribution in [0.3, 0.4) is 0 Å². The molecule has 2 rings (SSSR count). The summed E-state index contributed by atoms with van der Waals surface area (Å²) in [5.74, 6) is 0.694. The highest BCUT2D eigenvalue weighted by Gasteiger charge is 2.25. The molecule has 0 aromatic heterocycles. The van der Waals surface area contributed by atoms with Crippen LogP contribution in [0.25, 0.3) is 0 Å². The Labute approximate surface area is 79.9 Å². The Bertz CT molecular complexity index is 316. The van der Waals surface area contributed by atoms with Crippen molar-refractivity contribution in [2.24, 2.45) is 0 Å². The number of rotatable bonds is 2. The van der Waals surface area contributed by atoms with Gasteiger partial charge in [-0.2, -0.15) is 0 Å². The third kappa shape index (κ3) is 1.44. The normalized spacial score (nSPS) is 16.1. The predicted octanol–water partition coefficient (Wildman–Crippen LogP) is 3.14. The third-order valence-electron chi connectivity index (χ3n) is 2.17. The van der Waals surface area contributed by atoms with E-state index in [1.54, 1.807) is 0 Å². The van der Waals surface area contributed by atoms with Gasteiger partial charge in [0.2, 0.25) is 0 Å². The molecule has 2 heteroatoms. The monoisotopic (exact) mass is 224 g/mol. The van der Waals surface area contributed by atoms with Crippen molar-refractivity contribution >= 4 is 22.2 Å². The van der Waals surface area contributed by atoms with E-state index < -0.39 is 0 Å². The van der Waals surface area contributed by atoms with Crippen molar-refractivity contribution in [2.75, 3.05) is 0 Å². The van der Waals surface area contributed by atoms with Crippen LogP contribution in [0.2, 0.25) is 0 Å². The predicted molar refractivity (Wildman–Crippen MR) is 51.5 cm³/mol. The fourth-order valence-electron chi connectivity index (χ4n) is 1.34. The smallest absolute Gasteiger partial charge is 0.150 e. The van der Waals surface area contributed by atoms with E-state index in [2.05, 4.69) is 15.9 Å². The summed E-state index contributed by atoms with van der Waals surface area (Å²) in [4.78, 5) is 10.5. The van der Waals surface area contributed by atoms with E-state index in [0.29, 0.717) is 5.92 Å². The maximum atomic E-state index is 10.5. The van der Waals surface area contributed by atoms with Crippen molar-refractivity contribution in [1.82, 2.24) is 0 Å². The van der Waals surface area contributed by atoms with Crippen molar-refractivity contribution in [2.45, 2.75) is 18.8 Å². The number of carbonyl (C=O) groups is 1. The standard InChI is InChI=1S/C10H9BrO/c11-10-4-1-7(6-12)5-9(10)8-2-3-8/h1,4-6,8H,2-3H2. The molecule has 1 fully saturated rings. The largest absolute Gasteiger partial charge is 0.298 e. The van der Waals surface area contributed by atoms with Crippen molar-refractivity contribution in [3.05, 3.63) is 33.8 Å². The van der Waals surface area contributed by atoms with Gasteiger partial charge in [0.05, 0.1) is 0 Å². The zero-order valence-corrected chi connectivity index (χ0v) is 8.17. The fourth-order valence-corrected chi connectivity index (χ4v) is 1.91. The fraction of sp³-hybridized carbons (Fsp3) is 0.300. The molecule has 12 heavy (non-hydrogen) atoms. The molecule has 1 saturated carbocycles. The number of aldehydes is 1. The summed E-state index contributed by atoms with van der Waals surface area (Å²) in [7, 11) is 0. The van der Waals surface area contributed by atoms with Crippen LogP contribution in [0.1, 0.15) is 34.7 Å². The molecule has 0 amide bonds. The molecule has 62 valence electrons. The van der Waals surface area contributed by atoms with E-state index in [1.165, 1.54) is 18.4 Å². The molecule has 1 aliphatic rings. The highest BCUT2D eigenvalue weighted by molar-refractivity contribution is 9.10. The van der Waals surface area contributed by atoms with E-state index in [0.717, 1.165) is 16.3 Å². The Morgan fingerprint density at radius 3 is 2.75 bits per heavy atom. The van der Waals surface area contributed by atoms with E-state index in [1.807, 2.05) is 18.2 Å².